The van der Waals surface area contributed by atoms with Gasteiger partial charge in [-0.2, -0.15) is 0 Å². The molecule has 0 aliphatic heterocycles. The number of hydrogen-bond acceptors (Lipinski definition) is 4. The summed E-state index contributed by atoms with van der Waals surface area (Å²) in [5.41, 5.74) is 0.534. The van der Waals surface area contributed by atoms with Gasteiger partial charge in [-0.3, -0.25) is 4.79 Å². The average molecular weight is 286 g/mol. The summed E-state index contributed by atoms with van der Waals surface area (Å²) >= 11 is 1.44. The van der Waals surface area contributed by atoms with E-state index in [0.29, 0.717) is 17.2 Å². The summed E-state index contributed by atoms with van der Waals surface area (Å²) in [6.45, 7) is 3.55. The first kappa shape index (κ1) is 14.7. The van der Waals surface area contributed by atoms with Crippen molar-refractivity contribution in [3.63, 3.8) is 0 Å². The normalized spacial score (nSPS) is 10.9. The predicted octanol–water partition coefficient (Wildman–Crippen LogP) is 1.19. The van der Waals surface area contributed by atoms with Crippen LogP contribution in [0.15, 0.2) is 41.8 Å². The lowest BCUT2D eigenvalue weighted by Gasteiger charge is -2.05. The van der Waals surface area contributed by atoms with Gasteiger partial charge in [-0.25, -0.2) is 13.6 Å². The summed E-state index contributed by atoms with van der Waals surface area (Å²) < 4.78 is 22.0. The Kier molecular flexibility index (Phi) is 5.39. The number of benzene rings is 1. The molecule has 18 heavy (non-hydrogen) atoms. The van der Waals surface area contributed by atoms with Gasteiger partial charge in [-0.15, -0.1) is 18.3 Å². The SMILES string of the molecule is C=CCSCC(=O)Nc1ccc(S(N)(=O)=O)cc1. The molecule has 0 unspecified atom stereocenters. The summed E-state index contributed by atoms with van der Waals surface area (Å²) in [5, 5.41) is 7.61. The van der Waals surface area contributed by atoms with Crippen molar-refractivity contribution in [1.29, 1.82) is 0 Å². The lowest BCUT2D eigenvalue weighted by atomic mass is 10.3. The van der Waals surface area contributed by atoms with Crippen LogP contribution in [0.1, 0.15) is 0 Å². The number of rotatable bonds is 6. The molecule has 1 aromatic carbocycles. The van der Waals surface area contributed by atoms with Crippen LogP contribution < -0.4 is 10.5 Å². The predicted molar refractivity (Wildman–Crippen MR) is 74.0 cm³/mol. The van der Waals surface area contributed by atoms with Gasteiger partial charge in [-0.1, -0.05) is 6.08 Å². The van der Waals surface area contributed by atoms with Crippen LogP contribution in [0.4, 0.5) is 5.69 Å². The summed E-state index contributed by atoms with van der Waals surface area (Å²) in [5.74, 6) is 0.881. The molecule has 0 heterocycles. The van der Waals surface area contributed by atoms with Gasteiger partial charge in [0.2, 0.25) is 15.9 Å². The van der Waals surface area contributed by atoms with Crippen molar-refractivity contribution in [3.8, 4) is 0 Å². The number of thioether (sulfide) groups is 1. The van der Waals surface area contributed by atoms with Gasteiger partial charge in [0.1, 0.15) is 0 Å². The van der Waals surface area contributed by atoms with Crippen LogP contribution in [-0.2, 0) is 14.8 Å². The number of nitrogens with one attached hydrogen (secondary N) is 1. The third-order valence-corrected chi connectivity index (χ3v) is 3.80. The van der Waals surface area contributed by atoms with Gasteiger partial charge in [0, 0.05) is 11.4 Å². The third-order valence-electron chi connectivity index (χ3n) is 1.94. The van der Waals surface area contributed by atoms with Crippen LogP contribution in [0, 0.1) is 0 Å². The Labute approximate surface area is 111 Å². The molecule has 0 saturated carbocycles. The van der Waals surface area contributed by atoms with Crippen molar-refractivity contribution in [3.05, 3.63) is 36.9 Å². The van der Waals surface area contributed by atoms with Gasteiger partial charge in [0.25, 0.3) is 0 Å². The maximum absolute atomic E-state index is 11.5. The van der Waals surface area contributed by atoms with E-state index in [2.05, 4.69) is 11.9 Å². The van der Waals surface area contributed by atoms with Gasteiger partial charge in [0.05, 0.1) is 10.6 Å². The van der Waals surface area contributed by atoms with E-state index in [1.807, 2.05) is 0 Å². The van der Waals surface area contributed by atoms with Crippen molar-refractivity contribution in [2.75, 3.05) is 16.8 Å². The van der Waals surface area contributed by atoms with Crippen LogP contribution in [-0.4, -0.2) is 25.8 Å². The largest absolute Gasteiger partial charge is 0.325 e. The zero-order valence-electron chi connectivity index (χ0n) is 9.63. The van der Waals surface area contributed by atoms with E-state index in [-0.39, 0.29) is 10.8 Å². The van der Waals surface area contributed by atoms with Crippen molar-refractivity contribution < 1.29 is 13.2 Å². The molecule has 0 atom stereocenters. The highest BCUT2D eigenvalue weighted by atomic mass is 32.2. The van der Waals surface area contributed by atoms with Crippen LogP contribution in [0.25, 0.3) is 0 Å². The van der Waals surface area contributed by atoms with Crippen LogP contribution in [0.5, 0.6) is 0 Å². The topological polar surface area (TPSA) is 89.3 Å². The first-order valence-electron chi connectivity index (χ1n) is 5.05. The molecule has 3 N–H and O–H groups in total. The molecule has 1 aromatic rings. The second-order valence-corrected chi connectivity index (χ2v) is 6.01. The summed E-state index contributed by atoms with van der Waals surface area (Å²) in [6.07, 6.45) is 1.72. The first-order valence-corrected chi connectivity index (χ1v) is 7.75. The van der Waals surface area contributed by atoms with Gasteiger partial charge < -0.3 is 5.32 Å². The monoisotopic (exact) mass is 286 g/mol. The second kappa shape index (κ2) is 6.58. The molecule has 0 aliphatic rings. The minimum atomic E-state index is -3.69. The Morgan fingerprint density at radius 1 is 1.39 bits per heavy atom. The maximum Gasteiger partial charge on any atom is 0.238 e. The smallest absolute Gasteiger partial charge is 0.238 e. The van der Waals surface area contributed by atoms with Gasteiger partial charge in [0.15, 0.2) is 0 Å². The molecular weight excluding hydrogens is 272 g/mol. The summed E-state index contributed by atoms with van der Waals surface area (Å²) in [7, 11) is -3.69. The molecule has 1 amide bonds. The van der Waals surface area contributed by atoms with Crippen molar-refractivity contribution in [2.45, 2.75) is 4.90 Å². The van der Waals surface area contributed by atoms with Crippen LogP contribution in [0.2, 0.25) is 0 Å². The van der Waals surface area contributed by atoms with E-state index < -0.39 is 10.0 Å². The van der Waals surface area contributed by atoms with E-state index in [0.717, 1.165) is 0 Å². The lowest BCUT2D eigenvalue weighted by molar-refractivity contribution is -0.113. The molecular formula is C11H14N2O3S2. The van der Waals surface area contributed by atoms with Gasteiger partial charge >= 0.3 is 0 Å². The minimum absolute atomic E-state index is 0.0153. The minimum Gasteiger partial charge on any atom is -0.325 e. The van der Waals surface area contributed by atoms with Crippen molar-refractivity contribution in [2.24, 2.45) is 5.14 Å². The van der Waals surface area contributed by atoms with E-state index in [1.54, 1.807) is 6.08 Å². The number of primary sulfonamides is 1. The maximum atomic E-state index is 11.5. The molecule has 1 rings (SSSR count). The number of sulfonamides is 1. The number of hydrogen-bond donors (Lipinski definition) is 2. The molecule has 7 heteroatoms. The number of nitrogens with two attached hydrogens (primary N) is 1. The molecule has 5 nitrogen and oxygen atoms in total. The summed E-state index contributed by atoms with van der Waals surface area (Å²) in [4.78, 5) is 11.5. The van der Waals surface area contributed by atoms with E-state index in [1.165, 1.54) is 36.0 Å². The molecule has 0 aromatic heterocycles. The van der Waals surface area contributed by atoms with E-state index in [4.69, 9.17) is 5.14 Å². The van der Waals surface area contributed by atoms with Crippen LogP contribution in [0.3, 0.4) is 0 Å². The molecule has 0 radical (unpaired) electrons. The Morgan fingerprint density at radius 2 is 2.00 bits per heavy atom. The Balaban J connectivity index is 2.59. The Morgan fingerprint density at radius 3 is 2.50 bits per heavy atom. The molecule has 98 valence electrons. The lowest BCUT2D eigenvalue weighted by Crippen LogP contribution is -2.15. The van der Waals surface area contributed by atoms with Crippen molar-refractivity contribution >= 4 is 33.4 Å². The van der Waals surface area contributed by atoms with Crippen molar-refractivity contribution in [1.82, 2.24) is 0 Å². The van der Waals surface area contributed by atoms with Crippen LogP contribution >= 0.6 is 11.8 Å². The number of anilines is 1. The average Bonchev–Trinajstić information content (AvgIpc) is 2.29. The highest BCUT2D eigenvalue weighted by Gasteiger charge is 2.07. The fourth-order valence-electron chi connectivity index (χ4n) is 1.16. The second-order valence-electron chi connectivity index (χ2n) is 3.42. The molecule has 0 fully saturated rings. The zero-order valence-corrected chi connectivity index (χ0v) is 11.3. The molecule has 0 aliphatic carbocycles. The van der Waals surface area contributed by atoms with E-state index >= 15 is 0 Å². The number of carbonyl (C=O) groups excluding carboxylic acids is 1. The molecule has 0 bridgehead atoms. The van der Waals surface area contributed by atoms with E-state index in [9.17, 15) is 13.2 Å². The van der Waals surface area contributed by atoms with Gasteiger partial charge in [-0.05, 0) is 24.3 Å². The molecule has 0 spiro atoms. The highest BCUT2D eigenvalue weighted by Crippen LogP contribution is 2.13. The standard InChI is InChI=1S/C11H14N2O3S2/c1-2-7-17-8-11(14)13-9-3-5-10(6-4-9)18(12,15)16/h2-6H,1,7-8H2,(H,13,14)(H2,12,15,16). The molecule has 0 saturated heterocycles. The zero-order chi connectivity index (χ0) is 13.6. The number of carbonyl (C=O) groups is 1. The Hall–Kier alpha value is -1.31. The fraction of sp³-hybridized carbons (Fsp3) is 0.182. The highest BCUT2D eigenvalue weighted by molar-refractivity contribution is 8.00. The third kappa shape index (κ3) is 4.91. The summed E-state index contributed by atoms with van der Waals surface area (Å²) in [6, 6.07) is 5.69. The fourth-order valence-corrected chi connectivity index (χ4v) is 2.22. The quantitative estimate of drug-likeness (QED) is 0.607. The first-order chi connectivity index (χ1) is 8.43. The number of amides is 1. The Bertz CT molecular complexity index is 524.